The van der Waals surface area contributed by atoms with E-state index in [2.05, 4.69) is 10.3 Å². The molecule has 1 aliphatic rings. The lowest BCUT2D eigenvalue weighted by Crippen LogP contribution is -2.51. The van der Waals surface area contributed by atoms with Crippen molar-refractivity contribution < 1.29 is 14.3 Å². The van der Waals surface area contributed by atoms with Crippen LogP contribution in [0.3, 0.4) is 0 Å². The first-order chi connectivity index (χ1) is 10.0. The summed E-state index contributed by atoms with van der Waals surface area (Å²) >= 11 is 0. The number of nitrogens with one attached hydrogen (secondary N) is 1. The van der Waals surface area contributed by atoms with Crippen molar-refractivity contribution in [3.63, 3.8) is 0 Å². The molecule has 0 radical (unpaired) electrons. The Bertz CT molecular complexity index is 533. The van der Waals surface area contributed by atoms with Gasteiger partial charge in [0.05, 0.1) is 18.7 Å². The molecule has 1 N–H and O–H groups in total. The zero-order valence-corrected chi connectivity index (χ0v) is 12.5. The van der Waals surface area contributed by atoms with Gasteiger partial charge in [0.15, 0.2) is 6.10 Å². The van der Waals surface area contributed by atoms with Crippen LogP contribution in [0, 0.1) is 0 Å². The van der Waals surface area contributed by atoms with E-state index in [1.807, 2.05) is 0 Å². The Balaban J connectivity index is 2.14. The van der Waals surface area contributed by atoms with Crippen molar-refractivity contribution in [3.05, 3.63) is 23.9 Å². The smallest absolute Gasteiger partial charge is 0.257 e. The number of carbonyl (C=O) groups excluding carboxylic acids is 2. The average molecular weight is 292 g/mol. The van der Waals surface area contributed by atoms with Crippen LogP contribution < -0.4 is 5.32 Å². The Kier molecular flexibility index (Phi) is 4.74. The van der Waals surface area contributed by atoms with Crippen LogP contribution in [0.5, 0.6) is 0 Å². The third-order valence-electron chi connectivity index (χ3n) is 3.34. The fourth-order valence-corrected chi connectivity index (χ4v) is 2.22. The molecular formula is C14H20N4O3. The maximum absolute atomic E-state index is 12.6. The Morgan fingerprint density at radius 3 is 2.90 bits per heavy atom. The quantitative estimate of drug-likeness (QED) is 0.852. The standard InChI is InChI=1S/C14H20N4O3/c1-15-12-10(5-4-6-16-12)13(19)18-7-8-21-11(9-18)14(20)17(2)3/h4-6,11H,7-9H2,1-3H3,(H,15,16)/t11-/m1/s1. The minimum atomic E-state index is -0.604. The molecule has 0 spiro atoms. The first kappa shape index (κ1) is 15.2. The van der Waals surface area contributed by atoms with Crippen LogP contribution in [0.4, 0.5) is 5.82 Å². The molecule has 0 aliphatic carbocycles. The summed E-state index contributed by atoms with van der Waals surface area (Å²) in [6.07, 6.45) is 1.02. The average Bonchev–Trinajstić information content (AvgIpc) is 2.53. The van der Waals surface area contributed by atoms with Gasteiger partial charge in [0, 0.05) is 33.9 Å². The summed E-state index contributed by atoms with van der Waals surface area (Å²) in [4.78, 5) is 31.8. The Hall–Kier alpha value is -2.15. The predicted molar refractivity (Wildman–Crippen MR) is 78.1 cm³/mol. The topological polar surface area (TPSA) is 74.8 Å². The highest BCUT2D eigenvalue weighted by Crippen LogP contribution is 2.16. The first-order valence-electron chi connectivity index (χ1n) is 6.79. The first-order valence-corrected chi connectivity index (χ1v) is 6.79. The van der Waals surface area contributed by atoms with E-state index >= 15 is 0 Å². The fraction of sp³-hybridized carbons (Fsp3) is 0.500. The molecule has 0 aromatic carbocycles. The van der Waals surface area contributed by atoms with Gasteiger partial charge in [0.25, 0.3) is 11.8 Å². The van der Waals surface area contributed by atoms with Crippen molar-refractivity contribution in [2.24, 2.45) is 0 Å². The van der Waals surface area contributed by atoms with Crippen molar-refractivity contribution >= 4 is 17.6 Å². The number of pyridine rings is 1. The molecule has 2 rings (SSSR count). The number of morpholine rings is 1. The lowest BCUT2D eigenvalue weighted by Gasteiger charge is -2.33. The molecule has 114 valence electrons. The second-order valence-electron chi connectivity index (χ2n) is 4.99. The summed E-state index contributed by atoms with van der Waals surface area (Å²) < 4.78 is 5.46. The number of aromatic nitrogens is 1. The van der Waals surface area contributed by atoms with Gasteiger partial charge in [-0.25, -0.2) is 4.98 Å². The normalized spacial score (nSPS) is 18.2. The maximum atomic E-state index is 12.6. The zero-order valence-electron chi connectivity index (χ0n) is 12.5. The lowest BCUT2D eigenvalue weighted by molar-refractivity contribution is -0.145. The highest BCUT2D eigenvalue weighted by Gasteiger charge is 2.31. The molecule has 7 heteroatoms. The SMILES string of the molecule is CNc1ncccc1C(=O)N1CCO[C@@H](C(=O)N(C)C)C1. The van der Waals surface area contributed by atoms with Crippen LogP contribution in [0.25, 0.3) is 0 Å². The number of anilines is 1. The van der Waals surface area contributed by atoms with Gasteiger partial charge in [-0.3, -0.25) is 9.59 Å². The zero-order chi connectivity index (χ0) is 15.4. The van der Waals surface area contributed by atoms with E-state index in [0.717, 1.165) is 0 Å². The van der Waals surface area contributed by atoms with Crippen molar-refractivity contribution in [2.45, 2.75) is 6.10 Å². The number of hydrogen-bond acceptors (Lipinski definition) is 5. The van der Waals surface area contributed by atoms with Crippen LogP contribution in [-0.2, 0) is 9.53 Å². The molecule has 0 unspecified atom stereocenters. The van der Waals surface area contributed by atoms with E-state index in [-0.39, 0.29) is 18.4 Å². The second kappa shape index (κ2) is 6.53. The van der Waals surface area contributed by atoms with Crippen molar-refractivity contribution in [1.82, 2.24) is 14.8 Å². The number of carbonyl (C=O) groups is 2. The van der Waals surface area contributed by atoms with Crippen LogP contribution in [-0.4, -0.2) is 73.5 Å². The van der Waals surface area contributed by atoms with Crippen molar-refractivity contribution in [3.8, 4) is 0 Å². The number of rotatable bonds is 3. The molecule has 1 aromatic heterocycles. The molecular weight excluding hydrogens is 272 g/mol. The largest absolute Gasteiger partial charge is 0.372 e. The van der Waals surface area contributed by atoms with E-state index in [9.17, 15) is 9.59 Å². The number of ether oxygens (including phenoxy) is 1. The molecule has 7 nitrogen and oxygen atoms in total. The summed E-state index contributed by atoms with van der Waals surface area (Å²) in [5.41, 5.74) is 0.498. The van der Waals surface area contributed by atoms with Crippen LogP contribution >= 0.6 is 0 Å². The van der Waals surface area contributed by atoms with Crippen LogP contribution in [0.1, 0.15) is 10.4 Å². The molecule has 0 saturated carbocycles. The van der Waals surface area contributed by atoms with Gasteiger partial charge in [0.1, 0.15) is 5.82 Å². The van der Waals surface area contributed by atoms with E-state index in [4.69, 9.17) is 4.74 Å². The highest BCUT2D eigenvalue weighted by atomic mass is 16.5. The van der Waals surface area contributed by atoms with Crippen LogP contribution in [0.2, 0.25) is 0 Å². The van der Waals surface area contributed by atoms with E-state index in [0.29, 0.717) is 24.5 Å². The maximum Gasteiger partial charge on any atom is 0.257 e. The molecule has 1 atom stereocenters. The molecule has 1 saturated heterocycles. The van der Waals surface area contributed by atoms with Gasteiger partial charge in [-0.15, -0.1) is 0 Å². The van der Waals surface area contributed by atoms with Crippen molar-refractivity contribution in [2.75, 3.05) is 46.2 Å². The number of amides is 2. The van der Waals surface area contributed by atoms with Gasteiger partial charge in [-0.05, 0) is 12.1 Å². The molecule has 1 fully saturated rings. The van der Waals surface area contributed by atoms with Crippen molar-refractivity contribution in [1.29, 1.82) is 0 Å². The van der Waals surface area contributed by atoms with Gasteiger partial charge in [-0.2, -0.15) is 0 Å². The Morgan fingerprint density at radius 2 is 2.24 bits per heavy atom. The highest BCUT2D eigenvalue weighted by molar-refractivity contribution is 5.99. The molecule has 21 heavy (non-hydrogen) atoms. The summed E-state index contributed by atoms with van der Waals surface area (Å²) in [5, 5.41) is 2.90. The summed E-state index contributed by atoms with van der Waals surface area (Å²) in [5.74, 6) is 0.254. The van der Waals surface area contributed by atoms with Crippen LogP contribution in [0.15, 0.2) is 18.3 Å². The fourth-order valence-electron chi connectivity index (χ4n) is 2.22. The van der Waals surface area contributed by atoms with Gasteiger partial charge in [0.2, 0.25) is 0 Å². The number of likely N-dealkylation sites (N-methyl/N-ethyl adjacent to an activating group) is 1. The van der Waals surface area contributed by atoms with E-state index in [1.54, 1.807) is 44.4 Å². The summed E-state index contributed by atoms with van der Waals surface area (Å²) in [7, 11) is 5.07. The summed E-state index contributed by atoms with van der Waals surface area (Å²) in [6, 6.07) is 3.44. The molecule has 2 heterocycles. The minimum Gasteiger partial charge on any atom is -0.372 e. The van der Waals surface area contributed by atoms with Gasteiger partial charge in [-0.1, -0.05) is 0 Å². The lowest BCUT2D eigenvalue weighted by atomic mass is 10.2. The second-order valence-corrected chi connectivity index (χ2v) is 4.99. The minimum absolute atomic E-state index is 0.132. The molecule has 2 amide bonds. The van der Waals surface area contributed by atoms with Gasteiger partial charge < -0.3 is 19.9 Å². The number of nitrogens with zero attached hydrogens (tertiary/aromatic N) is 3. The Labute approximate surface area is 123 Å². The monoisotopic (exact) mass is 292 g/mol. The van der Waals surface area contributed by atoms with E-state index in [1.165, 1.54) is 4.90 Å². The molecule has 1 aromatic rings. The molecule has 0 bridgehead atoms. The predicted octanol–water partition coefficient (Wildman–Crippen LogP) is 0.0525. The third kappa shape index (κ3) is 3.30. The molecule has 1 aliphatic heterocycles. The summed E-state index contributed by atoms with van der Waals surface area (Å²) in [6.45, 7) is 1.08. The Morgan fingerprint density at radius 1 is 1.48 bits per heavy atom. The van der Waals surface area contributed by atoms with E-state index < -0.39 is 6.10 Å². The number of hydrogen-bond donors (Lipinski definition) is 1. The van der Waals surface area contributed by atoms with Gasteiger partial charge >= 0.3 is 0 Å². The third-order valence-corrected chi connectivity index (χ3v) is 3.34.